The first-order chi connectivity index (χ1) is 4.83. The lowest BCUT2D eigenvalue weighted by atomic mass is 10.2. The summed E-state index contributed by atoms with van der Waals surface area (Å²) in [6.45, 7) is 5.64. The second-order valence-corrected chi connectivity index (χ2v) is 2.29. The SMILES string of the molecule is CCON1C=C(C)C=CC1. The zero-order valence-corrected chi connectivity index (χ0v) is 6.50. The second kappa shape index (κ2) is 3.42. The minimum Gasteiger partial charge on any atom is -0.274 e. The van der Waals surface area contributed by atoms with Gasteiger partial charge in [0.1, 0.15) is 0 Å². The Hall–Kier alpha value is -0.760. The van der Waals surface area contributed by atoms with E-state index in [0.29, 0.717) is 0 Å². The van der Waals surface area contributed by atoms with Crippen LogP contribution in [0.2, 0.25) is 0 Å². The predicted octanol–water partition coefficient (Wildman–Crippen LogP) is 1.71. The number of hydrogen-bond donors (Lipinski definition) is 0. The van der Waals surface area contributed by atoms with Crippen LogP contribution >= 0.6 is 0 Å². The van der Waals surface area contributed by atoms with Crippen molar-refractivity contribution in [2.24, 2.45) is 0 Å². The molecule has 0 saturated carbocycles. The average Bonchev–Trinajstić information content (AvgIpc) is 1.88. The van der Waals surface area contributed by atoms with Crippen LogP contribution in [0.5, 0.6) is 0 Å². The predicted molar refractivity (Wildman–Crippen MR) is 41.2 cm³/mol. The topological polar surface area (TPSA) is 12.5 Å². The smallest absolute Gasteiger partial charge is 0.0720 e. The number of nitrogens with zero attached hydrogens (tertiary/aromatic N) is 1. The molecule has 0 amide bonds. The Bertz CT molecular complexity index is 161. The Balaban J connectivity index is 2.43. The Labute approximate surface area is 61.7 Å². The first-order valence-corrected chi connectivity index (χ1v) is 3.57. The molecule has 56 valence electrons. The van der Waals surface area contributed by atoms with Crippen LogP contribution in [-0.4, -0.2) is 18.2 Å². The molecule has 1 aliphatic rings. The summed E-state index contributed by atoms with van der Waals surface area (Å²) >= 11 is 0. The molecule has 1 heterocycles. The van der Waals surface area contributed by atoms with Crippen molar-refractivity contribution in [3.8, 4) is 0 Å². The van der Waals surface area contributed by atoms with Crippen molar-refractivity contribution in [1.82, 2.24) is 5.06 Å². The molecule has 0 aromatic carbocycles. The molecule has 0 aromatic rings. The molecular weight excluding hydrogens is 126 g/mol. The maximum atomic E-state index is 5.26. The summed E-state index contributed by atoms with van der Waals surface area (Å²) in [5.74, 6) is 0. The van der Waals surface area contributed by atoms with Gasteiger partial charge < -0.3 is 0 Å². The molecule has 10 heavy (non-hydrogen) atoms. The van der Waals surface area contributed by atoms with Gasteiger partial charge in [-0.3, -0.25) is 9.90 Å². The van der Waals surface area contributed by atoms with Gasteiger partial charge in [0.25, 0.3) is 0 Å². The average molecular weight is 139 g/mol. The highest BCUT2D eigenvalue weighted by molar-refractivity contribution is 5.18. The first kappa shape index (κ1) is 7.35. The molecule has 0 aliphatic carbocycles. The normalized spacial score (nSPS) is 17.4. The third-order valence-corrected chi connectivity index (χ3v) is 1.31. The van der Waals surface area contributed by atoms with Gasteiger partial charge in [0.05, 0.1) is 13.2 Å². The largest absolute Gasteiger partial charge is 0.274 e. The van der Waals surface area contributed by atoms with Crippen molar-refractivity contribution in [2.75, 3.05) is 13.2 Å². The molecule has 0 saturated heterocycles. The van der Waals surface area contributed by atoms with Crippen molar-refractivity contribution in [3.63, 3.8) is 0 Å². The number of hydroxylamine groups is 2. The lowest BCUT2D eigenvalue weighted by molar-refractivity contribution is -0.108. The van der Waals surface area contributed by atoms with Gasteiger partial charge in [-0.2, -0.15) is 0 Å². The van der Waals surface area contributed by atoms with E-state index in [-0.39, 0.29) is 0 Å². The van der Waals surface area contributed by atoms with E-state index in [0.717, 1.165) is 13.2 Å². The number of allylic oxidation sites excluding steroid dienone is 2. The van der Waals surface area contributed by atoms with Crippen LogP contribution in [0.4, 0.5) is 0 Å². The molecule has 0 fully saturated rings. The van der Waals surface area contributed by atoms with Gasteiger partial charge in [-0.15, -0.1) is 0 Å². The molecule has 1 aliphatic heterocycles. The third-order valence-electron chi connectivity index (χ3n) is 1.31. The second-order valence-electron chi connectivity index (χ2n) is 2.29. The third kappa shape index (κ3) is 1.88. The summed E-state index contributed by atoms with van der Waals surface area (Å²) in [7, 11) is 0. The molecule has 2 heteroatoms. The van der Waals surface area contributed by atoms with Crippen LogP contribution in [0, 0.1) is 0 Å². The summed E-state index contributed by atoms with van der Waals surface area (Å²) in [4.78, 5) is 5.26. The van der Waals surface area contributed by atoms with E-state index in [1.54, 1.807) is 0 Å². The monoisotopic (exact) mass is 139 g/mol. The maximum absolute atomic E-state index is 5.26. The number of rotatable bonds is 2. The highest BCUT2D eigenvalue weighted by Crippen LogP contribution is 2.05. The molecule has 0 radical (unpaired) electrons. The van der Waals surface area contributed by atoms with Crippen LogP contribution in [0.25, 0.3) is 0 Å². The van der Waals surface area contributed by atoms with Crippen LogP contribution in [0.15, 0.2) is 23.9 Å². The van der Waals surface area contributed by atoms with E-state index >= 15 is 0 Å². The highest BCUT2D eigenvalue weighted by atomic mass is 16.7. The lowest BCUT2D eigenvalue weighted by Crippen LogP contribution is -2.20. The van der Waals surface area contributed by atoms with Crippen molar-refractivity contribution >= 4 is 0 Å². The lowest BCUT2D eigenvalue weighted by Gasteiger charge is -2.20. The van der Waals surface area contributed by atoms with E-state index in [2.05, 4.69) is 19.1 Å². The summed E-state index contributed by atoms with van der Waals surface area (Å²) in [6.07, 6.45) is 6.18. The van der Waals surface area contributed by atoms with Gasteiger partial charge in [0.15, 0.2) is 0 Å². The van der Waals surface area contributed by atoms with E-state index in [1.165, 1.54) is 5.57 Å². The van der Waals surface area contributed by atoms with Gasteiger partial charge in [0.2, 0.25) is 0 Å². The van der Waals surface area contributed by atoms with Crippen LogP contribution in [0.3, 0.4) is 0 Å². The Morgan fingerprint density at radius 2 is 2.50 bits per heavy atom. The number of hydrogen-bond acceptors (Lipinski definition) is 2. The molecular formula is C8H13NO. The van der Waals surface area contributed by atoms with Crippen molar-refractivity contribution in [2.45, 2.75) is 13.8 Å². The molecule has 0 N–H and O–H groups in total. The van der Waals surface area contributed by atoms with E-state index < -0.39 is 0 Å². The fraction of sp³-hybridized carbons (Fsp3) is 0.500. The quantitative estimate of drug-likeness (QED) is 0.577. The Morgan fingerprint density at radius 3 is 3.10 bits per heavy atom. The minimum atomic E-state index is 0.734. The van der Waals surface area contributed by atoms with Gasteiger partial charge in [0, 0.05) is 6.20 Å². The molecule has 0 spiro atoms. The van der Waals surface area contributed by atoms with E-state index in [4.69, 9.17) is 4.84 Å². The van der Waals surface area contributed by atoms with Crippen LogP contribution in [-0.2, 0) is 4.84 Å². The van der Waals surface area contributed by atoms with Crippen LogP contribution < -0.4 is 0 Å². The fourth-order valence-corrected chi connectivity index (χ4v) is 0.921. The van der Waals surface area contributed by atoms with E-state index in [9.17, 15) is 0 Å². The highest BCUT2D eigenvalue weighted by Gasteiger charge is 1.99. The molecule has 2 nitrogen and oxygen atoms in total. The molecule has 1 rings (SSSR count). The van der Waals surface area contributed by atoms with Crippen molar-refractivity contribution in [3.05, 3.63) is 23.9 Å². The molecule has 0 atom stereocenters. The molecule has 0 bridgehead atoms. The Morgan fingerprint density at radius 1 is 1.70 bits per heavy atom. The summed E-state index contributed by atoms with van der Waals surface area (Å²) < 4.78 is 0. The maximum Gasteiger partial charge on any atom is 0.0720 e. The van der Waals surface area contributed by atoms with Gasteiger partial charge in [-0.25, -0.2) is 0 Å². The van der Waals surface area contributed by atoms with E-state index in [1.807, 2.05) is 18.2 Å². The van der Waals surface area contributed by atoms with Gasteiger partial charge in [-0.1, -0.05) is 12.2 Å². The zero-order chi connectivity index (χ0) is 7.40. The van der Waals surface area contributed by atoms with Gasteiger partial charge in [-0.05, 0) is 19.4 Å². The zero-order valence-electron chi connectivity index (χ0n) is 6.50. The molecule has 0 unspecified atom stereocenters. The van der Waals surface area contributed by atoms with Crippen molar-refractivity contribution < 1.29 is 4.84 Å². The minimum absolute atomic E-state index is 0.734. The summed E-state index contributed by atoms with van der Waals surface area (Å²) in [5, 5.41) is 1.84. The Kier molecular flexibility index (Phi) is 2.51. The fourth-order valence-electron chi connectivity index (χ4n) is 0.921. The van der Waals surface area contributed by atoms with Crippen molar-refractivity contribution in [1.29, 1.82) is 0 Å². The van der Waals surface area contributed by atoms with Crippen LogP contribution in [0.1, 0.15) is 13.8 Å². The van der Waals surface area contributed by atoms with Gasteiger partial charge >= 0.3 is 0 Å². The standard InChI is InChI=1S/C8H13NO/c1-3-10-9-6-4-5-8(2)7-9/h4-5,7H,3,6H2,1-2H3. The summed E-state index contributed by atoms with van der Waals surface area (Å²) in [6, 6.07) is 0. The summed E-state index contributed by atoms with van der Waals surface area (Å²) in [5.41, 5.74) is 1.24. The first-order valence-electron chi connectivity index (χ1n) is 3.57. The molecule has 0 aromatic heterocycles.